The van der Waals surface area contributed by atoms with Gasteiger partial charge < -0.3 is 9.80 Å². The third-order valence-electron chi connectivity index (χ3n) is 6.25. The molecule has 0 spiro atoms. The van der Waals surface area contributed by atoms with Crippen LogP contribution in [0.1, 0.15) is 34.8 Å². The fourth-order valence-corrected chi connectivity index (χ4v) is 4.44. The van der Waals surface area contributed by atoms with Gasteiger partial charge in [-0.05, 0) is 30.5 Å². The van der Waals surface area contributed by atoms with E-state index in [0.29, 0.717) is 18.1 Å². The van der Waals surface area contributed by atoms with Crippen LogP contribution in [0, 0.1) is 0 Å². The molecule has 8 heteroatoms. The molecule has 0 N–H and O–H groups in total. The fourth-order valence-electron chi connectivity index (χ4n) is 4.44. The average Bonchev–Trinajstić information content (AvgIpc) is 2.93. The number of rotatable bonds is 5. The van der Waals surface area contributed by atoms with Gasteiger partial charge in [-0.2, -0.15) is 0 Å². The Kier molecular flexibility index (Phi) is 6.43. The molecular weight excluding hydrogens is 438 g/mol. The van der Waals surface area contributed by atoms with Crippen LogP contribution in [-0.2, 0) is 0 Å². The van der Waals surface area contributed by atoms with E-state index in [2.05, 4.69) is 32.1 Å². The molecule has 4 aromatic rings. The van der Waals surface area contributed by atoms with Crippen LogP contribution in [-0.4, -0.2) is 62.9 Å². The molecule has 1 aromatic carbocycles. The lowest BCUT2D eigenvalue weighted by Crippen LogP contribution is -2.39. The molecular formula is C27H27N7O. The van der Waals surface area contributed by atoms with E-state index in [0.717, 1.165) is 47.5 Å². The van der Waals surface area contributed by atoms with E-state index in [1.807, 2.05) is 60.4 Å². The lowest BCUT2D eigenvalue weighted by Gasteiger charge is -2.33. The summed E-state index contributed by atoms with van der Waals surface area (Å²) in [5.74, 6) is 0.785. The molecule has 0 saturated carbocycles. The number of benzene rings is 1. The molecule has 0 radical (unpaired) electrons. The first-order valence-corrected chi connectivity index (χ1v) is 11.7. The second-order valence-corrected chi connectivity index (χ2v) is 8.88. The molecule has 1 fully saturated rings. The number of nitrogens with zero attached hydrogens (tertiary/aromatic N) is 7. The summed E-state index contributed by atoms with van der Waals surface area (Å²) in [6.45, 7) is 1.33. The standard InChI is InChI=1S/C27H27N7O/c1-33(2)27-31-16-23(19-7-4-3-5-8-19)25(32-27)21-9-6-12-34(17-21)26(35)20-10-11-24(30-15-20)22-13-28-18-29-14-22/h3-5,7-8,10-11,13-16,18,21H,6,9,12,17H2,1-2H3/t21-/m1/s1. The Morgan fingerprint density at radius 1 is 0.943 bits per heavy atom. The third kappa shape index (κ3) is 4.87. The van der Waals surface area contributed by atoms with Crippen LogP contribution < -0.4 is 4.90 Å². The Balaban J connectivity index is 1.40. The SMILES string of the molecule is CN(C)c1ncc(-c2ccccc2)c([C@@H]2CCCN(C(=O)c3ccc(-c4cncnc4)nc3)C2)n1. The number of aromatic nitrogens is 5. The van der Waals surface area contributed by atoms with Crippen molar-refractivity contribution in [1.29, 1.82) is 0 Å². The highest BCUT2D eigenvalue weighted by molar-refractivity contribution is 5.94. The summed E-state index contributed by atoms with van der Waals surface area (Å²) in [6, 6.07) is 13.9. The van der Waals surface area contributed by atoms with Crippen molar-refractivity contribution < 1.29 is 4.79 Å². The number of amides is 1. The number of carbonyl (C=O) groups is 1. The van der Waals surface area contributed by atoms with Gasteiger partial charge in [0.1, 0.15) is 6.33 Å². The summed E-state index contributed by atoms with van der Waals surface area (Å²) in [6.07, 6.45) is 10.3. The molecule has 4 heterocycles. The minimum absolute atomic E-state index is 0.0128. The number of hydrogen-bond donors (Lipinski definition) is 0. The zero-order valence-electron chi connectivity index (χ0n) is 19.9. The van der Waals surface area contributed by atoms with E-state index >= 15 is 0 Å². The van der Waals surface area contributed by atoms with Crippen molar-refractivity contribution in [3.63, 3.8) is 0 Å². The van der Waals surface area contributed by atoms with Crippen LogP contribution in [0.2, 0.25) is 0 Å². The lowest BCUT2D eigenvalue weighted by atomic mass is 9.89. The summed E-state index contributed by atoms with van der Waals surface area (Å²) in [7, 11) is 3.88. The van der Waals surface area contributed by atoms with E-state index in [4.69, 9.17) is 4.98 Å². The highest BCUT2D eigenvalue weighted by Gasteiger charge is 2.29. The maximum absolute atomic E-state index is 13.4. The molecule has 0 bridgehead atoms. The second kappa shape index (κ2) is 9.97. The van der Waals surface area contributed by atoms with Crippen LogP contribution in [0.5, 0.6) is 0 Å². The number of pyridine rings is 1. The van der Waals surface area contributed by atoms with Gasteiger partial charge in [-0.1, -0.05) is 30.3 Å². The van der Waals surface area contributed by atoms with Gasteiger partial charge in [0.15, 0.2) is 0 Å². The molecule has 1 aliphatic heterocycles. The molecule has 1 saturated heterocycles. The van der Waals surface area contributed by atoms with Crippen LogP contribution in [0.15, 0.2) is 73.6 Å². The Hall–Kier alpha value is -4.20. The Morgan fingerprint density at radius 2 is 1.74 bits per heavy atom. The van der Waals surface area contributed by atoms with E-state index in [9.17, 15) is 4.79 Å². The van der Waals surface area contributed by atoms with Crippen molar-refractivity contribution in [2.75, 3.05) is 32.1 Å². The van der Waals surface area contributed by atoms with Crippen LogP contribution >= 0.6 is 0 Å². The van der Waals surface area contributed by atoms with Crippen LogP contribution in [0.4, 0.5) is 5.95 Å². The highest BCUT2D eigenvalue weighted by Crippen LogP contribution is 2.34. The third-order valence-corrected chi connectivity index (χ3v) is 6.25. The van der Waals surface area contributed by atoms with E-state index in [1.165, 1.54) is 6.33 Å². The fraction of sp³-hybridized carbons (Fsp3) is 0.259. The minimum Gasteiger partial charge on any atom is -0.347 e. The average molecular weight is 466 g/mol. The molecule has 5 rings (SSSR count). The van der Waals surface area contributed by atoms with Gasteiger partial charge in [0.05, 0.1) is 17.0 Å². The van der Waals surface area contributed by atoms with Gasteiger partial charge in [-0.3, -0.25) is 9.78 Å². The Labute approximate surface area is 204 Å². The van der Waals surface area contributed by atoms with Gasteiger partial charge in [-0.15, -0.1) is 0 Å². The van der Waals surface area contributed by atoms with Crippen molar-refractivity contribution in [2.45, 2.75) is 18.8 Å². The Morgan fingerprint density at radius 3 is 2.46 bits per heavy atom. The molecule has 176 valence electrons. The van der Waals surface area contributed by atoms with E-state index in [-0.39, 0.29) is 11.8 Å². The Bertz CT molecular complexity index is 1290. The van der Waals surface area contributed by atoms with E-state index in [1.54, 1.807) is 18.6 Å². The van der Waals surface area contributed by atoms with Crippen molar-refractivity contribution in [3.05, 3.63) is 84.8 Å². The molecule has 1 atom stereocenters. The van der Waals surface area contributed by atoms with Crippen LogP contribution in [0.3, 0.4) is 0 Å². The molecule has 3 aromatic heterocycles. The lowest BCUT2D eigenvalue weighted by molar-refractivity contribution is 0.0705. The topological polar surface area (TPSA) is 88.0 Å². The number of carbonyl (C=O) groups excluding carboxylic acids is 1. The first-order valence-electron chi connectivity index (χ1n) is 11.7. The highest BCUT2D eigenvalue weighted by atomic mass is 16.2. The zero-order chi connectivity index (χ0) is 24.2. The number of anilines is 1. The van der Waals surface area contributed by atoms with Crippen LogP contribution in [0.25, 0.3) is 22.4 Å². The predicted octanol–water partition coefficient (Wildman–Crippen LogP) is 4.08. The number of hydrogen-bond acceptors (Lipinski definition) is 7. The maximum Gasteiger partial charge on any atom is 0.255 e. The first-order chi connectivity index (χ1) is 17.1. The summed E-state index contributed by atoms with van der Waals surface area (Å²) in [5, 5.41) is 0. The van der Waals surface area contributed by atoms with Gasteiger partial charge in [0, 0.05) is 69.0 Å². The van der Waals surface area contributed by atoms with Gasteiger partial charge in [0.2, 0.25) is 5.95 Å². The largest absolute Gasteiger partial charge is 0.347 e. The van der Waals surface area contributed by atoms with Gasteiger partial charge >= 0.3 is 0 Å². The van der Waals surface area contributed by atoms with Crippen molar-refractivity contribution in [1.82, 2.24) is 29.8 Å². The first kappa shape index (κ1) is 22.6. The summed E-state index contributed by atoms with van der Waals surface area (Å²) in [5.41, 5.74) is 5.23. The zero-order valence-corrected chi connectivity index (χ0v) is 19.9. The van der Waals surface area contributed by atoms with Crippen molar-refractivity contribution in [3.8, 4) is 22.4 Å². The molecule has 1 amide bonds. The normalized spacial score (nSPS) is 15.6. The molecule has 0 unspecified atom stereocenters. The molecule has 8 nitrogen and oxygen atoms in total. The molecule has 1 aliphatic rings. The number of likely N-dealkylation sites (tertiary alicyclic amines) is 1. The maximum atomic E-state index is 13.4. The quantitative estimate of drug-likeness (QED) is 0.439. The smallest absolute Gasteiger partial charge is 0.255 e. The number of piperidine rings is 1. The monoisotopic (exact) mass is 465 g/mol. The summed E-state index contributed by atoms with van der Waals surface area (Å²) in [4.78, 5) is 39.2. The van der Waals surface area contributed by atoms with Gasteiger partial charge in [-0.25, -0.2) is 19.9 Å². The second-order valence-electron chi connectivity index (χ2n) is 8.88. The molecule has 35 heavy (non-hydrogen) atoms. The predicted molar refractivity (Wildman–Crippen MR) is 135 cm³/mol. The summed E-state index contributed by atoms with van der Waals surface area (Å²) >= 11 is 0. The van der Waals surface area contributed by atoms with Crippen molar-refractivity contribution >= 4 is 11.9 Å². The minimum atomic E-state index is -0.0128. The summed E-state index contributed by atoms with van der Waals surface area (Å²) < 4.78 is 0. The van der Waals surface area contributed by atoms with Gasteiger partial charge in [0.25, 0.3) is 5.91 Å². The van der Waals surface area contributed by atoms with E-state index < -0.39 is 0 Å². The molecule has 0 aliphatic carbocycles. The van der Waals surface area contributed by atoms with Crippen molar-refractivity contribution in [2.24, 2.45) is 0 Å².